The Morgan fingerprint density at radius 1 is 1.24 bits per heavy atom. The minimum Gasteiger partial charge on any atom is -0.334 e. The first-order valence-electron chi connectivity index (χ1n) is 7.14. The summed E-state index contributed by atoms with van der Waals surface area (Å²) in [6.45, 7) is 0.747. The molecule has 1 N–H and O–H groups in total. The molecule has 5 heteroatoms. The summed E-state index contributed by atoms with van der Waals surface area (Å²) in [5.74, 6) is -0.107. The summed E-state index contributed by atoms with van der Waals surface area (Å²) in [6.07, 6.45) is 2.87. The van der Waals surface area contributed by atoms with Crippen molar-refractivity contribution in [2.75, 3.05) is 6.54 Å². The van der Waals surface area contributed by atoms with Crippen LogP contribution in [0.15, 0.2) is 47.3 Å². The maximum absolute atomic E-state index is 12.5. The number of amides is 1. The Balaban J connectivity index is 1.76. The Morgan fingerprint density at radius 3 is 2.76 bits per heavy atom. The summed E-state index contributed by atoms with van der Waals surface area (Å²) in [4.78, 5) is 25.4. The van der Waals surface area contributed by atoms with Gasteiger partial charge in [-0.05, 0) is 30.9 Å². The minimum absolute atomic E-state index is 0.107. The average molecular weight is 283 g/mol. The highest BCUT2D eigenvalue weighted by molar-refractivity contribution is 5.92. The Morgan fingerprint density at radius 2 is 2.05 bits per heavy atom. The Hall–Kier alpha value is -2.43. The van der Waals surface area contributed by atoms with Gasteiger partial charge < -0.3 is 4.90 Å². The summed E-state index contributed by atoms with van der Waals surface area (Å²) >= 11 is 0. The number of aromatic nitrogens is 2. The molecule has 3 rings (SSSR count). The van der Waals surface area contributed by atoms with Crippen LogP contribution in [0.25, 0.3) is 0 Å². The van der Waals surface area contributed by atoms with Gasteiger partial charge in [-0.3, -0.25) is 9.59 Å². The van der Waals surface area contributed by atoms with E-state index in [9.17, 15) is 9.59 Å². The molecule has 1 aromatic carbocycles. The highest BCUT2D eigenvalue weighted by Gasteiger charge is 2.30. The van der Waals surface area contributed by atoms with E-state index in [0.717, 1.165) is 25.8 Å². The second kappa shape index (κ2) is 5.91. The first kappa shape index (κ1) is 13.5. The van der Waals surface area contributed by atoms with Crippen molar-refractivity contribution in [3.8, 4) is 0 Å². The van der Waals surface area contributed by atoms with Crippen LogP contribution in [0.3, 0.4) is 0 Å². The van der Waals surface area contributed by atoms with E-state index in [1.165, 1.54) is 17.7 Å². The number of nitrogens with zero attached hydrogens (tertiary/aromatic N) is 2. The molecule has 5 nitrogen and oxygen atoms in total. The molecule has 0 unspecified atom stereocenters. The standard InChI is InChI=1S/C16H17N3O2/c20-15-9-8-14(17-18-15)16(21)19-10-4-7-13(19)11-12-5-2-1-3-6-12/h1-3,5-6,8-9,13H,4,7,10-11H2,(H,18,20)/t13-/m0/s1. The van der Waals surface area contributed by atoms with Gasteiger partial charge >= 0.3 is 0 Å². The van der Waals surface area contributed by atoms with Crippen LogP contribution >= 0.6 is 0 Å². The average Bonchev–Trinajstić information content (AvgIpc) is 2.96. The molecule has 1 fully saturated rings. The lowest BCUT2D eigenvalue weighted by atomic mass is 10.0. The predicted molar refractivity (Wildman–Crippen MR) is 79.1 cm³/mol. The zero-order chi connectivity index (χ0) is 14.7. The van der Waals surface area contributed by atoms with E-state index < -0.39 is 0 Å². The van der Waals surface area contributed by atoms with Crippen LogP contribution in [-0.4, -0.2) is 33.6 Å². The zero-order valence-electron chi connectivity index (χ0n) is 11.7. The van der Waals surface area contributed by atoms with E-state index in [0.29, 0.717) is 5.69 Å². The Labute approximate surface area is 122 Å². The summed E-state index contributed by atoms with van der Waals surface area (Å²) in [7, 11) is 0. The molecule has 2 heterocycles. The van der Waals surface area contributed by atoms with Gasteiger partial charge in [0.05, 0.1) is 0 Å². The second-order valence-electron chi connectivity index (χ2n) is 5.29. The minimum atomic E-state index is -0.297. The third kappa shape index (κ3) is 3.02. The van der Waals surface area contributed by atoms with E-state index in [-0.39, 0.29) is 17.5 Å². The van der Waals surface area contributed by atoms with Gasteiger partial charge in [-0.25, -0.2) is 5.10 Å². The Kier molecular flexibility index (Phi) is 3.81. The summed E-state index contributed by atoms with van der Waals surface area (Å²) < 4.78 is 0. The topological polar surface area (TPSA) is 66.1 Å². The third-order valence-corrected chi connectivity index (χ3v) is 3.85. The van der Waals surface area contributed by atoms with Crippen molar-refractivity contribution in [3.63, 3.8) is 0 Å². The van der Waals surface area contributed by atoms with Crippen molar-refractivity contribution in [2.45, 2.75) is 25.3 Å². The molecular weight excluding hydrogens is 266 g/mol. The number of rotatable bonds is 3. The zero-order valence-corrected chi connectivity index (χ0v) is 11.7. The molecule has 1 aliphatic heterocycles. The van der Waals surface area contributed by atoms with Gasteiger partial charge in [-0.2, -0.15) is 5.10 Å². The van der Waals surface area contributed by atoms with E-state index in [2.05, 4.69) is 22.3 Å². The fraction of sp³-hybridized carbons (Fsp3) is 0.312. The molecule has 1 saturated heterocycles. The molecule has 1 aliphatic rings. The van der Waals surface area contributed by atoms with Gasteiger partial charge in [-0.1, -0.05) is 30.3 Å². The lowest BCUT2D eigenvalue weighted by molar-refractivity contribution is 0.0729. The highest BCUT2D eigenvalue weighted by atomic mass is 16.2. The van der Waals surface area contributed by atoms with Crippen LogP contribution in [0.4, 0.5) is 0 Å². The van der Waals surface area contributed by atoms with Crippen molar-refractivity contribution in [2.24, 2.45) is 0 Å². The van der Waals surface area contributed by atoms with Gasteiger partial charge in [0, 0.05) is 18.7 Å². The smallest absolute Gasteiger partial charge is 0.274 e. The van der Waals surface area contributed by atoms with Gasteiger partial charge in [-0.15, -0.1) is 0 Å². The first-order valence-corrected chi connectivity index (χ1v) is 7.14. The van der Waals surface area contributed by atoms with E-state index in [1.807, 2.05) is 23.1 Å². The van der Waals surface area contributed by atoms with Crippen LogP contribution < -0.4 is 5.56 Å². The van der Waals surface area contributed by atoms with Crippen molar-refractivity contribution in [1.29, 1.82) is 0 Å². The molecule has 1 aromatic heterocycles. The largest absolute Gasteiger partial charge is 0.334 e. The van der Waals surface area contributed by atoms with Crippen LogP contribution in [0.1, 0.15) is 28.9 Å². The van der Waals surface area contributed by atoms with Gasteiger partial charge in [0.2, 0.25) is 0 Å². The van der Waals surface area contributed by atoms with E-state index in [1.54, 1.807) is 0 Å². The van der Waals surface area contributed by atoms with Crippen molar-refractivity contribution < 1.29 is 4.79 Å². The molecule has 21 heavy (non-hydrogen) atoms. The SMILES string of the molecule is O=C(c1ccc(=O)[nH]n1)N1CCC[C@H]1Cc1ccccc1. The number of benzene rings is 1. The number of nitrogens with one attached hydrogen (secondary N) is 1. The monoisotopic (exact) mass is 283 g/mol. The van der Waals surface area contributed by atoms with Gasteiger partial charge in [0.25, 0.3) is 11.5 Å². The van der Waals surface area contributed by atoms with Crippen molar-refractivity contribution in [1.82, 2.24) is 15.1 Å². The number of aromatic amines is 1. The highest BCUT2D eigenvalue weighted by Crippen LogP contribution is 2.22. The molecule has 2 aromatic rings. The van der Waals surface area contributed by atoms with Crippen LogP contribution in [0.5, 0.6) is 0 Å². The number of likely N-dealkylation sites (tertiary alicyclic amines) is 1. The Bertz CT molecular complexity index is 661. The van der Waals surface area contributed by atoms with E-state index in [4.69, 9.17) is 0 Å². The van der Waals surface area contributed by atoms with Crippen LogP contribution in [0.2, 0.25) is 0 Å². The maximum atomic E-state index is 12.5. The first-order chi connectivity index (χ1) is 10.2. The number of carbonyl (C=O) groups is 1. The quantitative estimate of drug-likeness (QED) is 0.930. The third-order valence-electron chi connectivity index (χ3n) is 3.85. The van der Waals surface area contributed by atoms with Crippen LogP contribution in [0, 0.1) is 0 Å². The summed E-state index contributed by atoms with van der Waals surface area (Å²) in [6, 6.07) is 13.2. The number of hydrogen-bond donors (Lipinski definition) is 1. The summed E-state index contributed by atoms with van der Waals surface area (Å²) in [5.41, 5.74) is 1.24. The van der Waals surface area contributed by atoms with Gasteiger partial charge in [0.1, 0.15) is 5.69 Å². The molecule has 1 atom stereocenters. The molecule has 0 aliphatic carbocycles. The number of hydrogen-bond acceptors (Lipinski definition) is 3. The maximum Gasteiger partial charge on any atom is 0.274 e. The number of H-pyrrole nitrogens is 1. The fourth-order valence-corrected chi connectivity index (χ4v) is 2.81. The molecule has 0 spiro atoms. The lowest BCUT2D eigenvalue weighted by Crippen LogP contribution is -2.37. The molecule has 0 bridgehead atoms. The molecular formula is C16H17N3O2. The predicted octanol–water partition coefficient (Wildman–Crippen LogP) is 1.62. The lowest BCUT2D eigenvalue weighted by Gasteiger charge is -2.24. The molecule has 1 amide bonds. The van der Waals surface area contributed by atoms with Crippen LogP contribution in [-0.2, 0) is 6.42 Å². The molecule has 0 saturated carbocycles. The second-order valence-corrected chi connectivity index (χ2v) is 5.29. The van der Waals surface area contributed by atoms with Crippen molar-refractivity contribution in [3.05, 3.63) is 64.1 Å². The van der Waals surface area contributed by atoms with E-state index >= 15 is 0 Å². The molecule has 0 radical (unpaired) electrons. The normalized spacial score (nSPS) is 17.9. The number of carbonyl (C=O) groups excluding carboxylic acids is 1. The summed E-state index contributed by atoms with van der Waals surface area (Å²) in [5, 5.41) is 6.15. The van der Waals surface area contributed by atoms with Crippen molar-refractivity contribution >= 4 is 5.91 Å². The fourth-order valence-electron chi connectivity index (χ4n) is 2.81. The van der Waals surface area contributed by atoms with Gasteiger partial charge in [0.15, 0.2) is 0 Å². The molecule has 108 valence electrons.